The molecule has 5 rings (SSSR count). The van der Waals surface area contributed by atoms with Crippen LogP contribution in [-0.4, -0.2) is 46.1 Å². The van der Waals surface area contributed by atoms with Crippen LogP contribution in [0.3, 0.4) is 0 Å². The van der Waals surface area contributed by atoms with E-state index in [1.807, 2.05) is 26.8 Å². The van der Waals surface area contributed by atoms with E-state index in [2.05, 4.69) is 0 Å². The van der Waals surface area contributed by atoms with Crippen LogP contribution in [0, 0.1) is 5.41 Å². The van der Waals surface area contributed by atoms with Crippen molar-refractivity contribution in [1.29, 1.82) is 0 Å². The SMILES string of the molecule is CC(C)(C)OC(=O)N1CC2(COc3cc4n(c(=O)c3)CCC4)CC1(C=O)C2. The summed E-state index contributed by atoms with van der Waals surface area (Å²) in [4.78, 5) is 37.9. The Morgan fingerprint density at radius 3 is 2.70 bits per heavy atom. The van der Waals surface area contributed by atoms with Gasteiger partial charge < -0.3 is 18.8 Å². The molecule has 3 aliphatic heterocycles. The van der Waals surface area contributed by atoms with Crippen LogP contribution in [0.15, 0.2) is 16.9 Å². The molecule has 1 aromatic rings. The van der Waals surface area contributed by atoms with Gasteiger partial charge in [-0.1, -0.05) is 0 Å². The summed E-state index contributed by atoms with van der Waals surface area (Å²) in [7, 11) is 0. The molecule has 4 heterocycles. The van der Waals surface area contributed by atoms with Gasteiger partial charge in [0.2, 0.25) is 0 Å². The van der Waals surface area contributed by atoms with Gasteiger partial charge in [0, 0.05) is 30.3 Å². The molecular weight excluding hydrogens is 348 g/mol. The topological polar surface area (TPSA) is 77.8 Å². The van der Waals surface area contributed by atoms with Gasteiger partial charge in [0.15, 0.2) is 0 Å². The first kappa shape index (κ1) is 18.1. The third kappa shape index (κ3) is 3.03. The Kier molecular flexibility index (Phi) is 3.91. The van der Waals surface area contributed by atoms with E-state index in [1.165, 1.54) is 6.07 Å². The molecule has 2 bridgehead atoms. The number of carbonyl (C=O) groups excluding carboxylic acids is 2. The fourth-order valence-electron chi connectivity index (χ4n) is 4.72. The summed E-state index contributed by atoms with van der Waals surface area (Å²) in [5, 5.41) is 0. The van der Waals surface area contributed by atoms with E-state index < -0.39 is 17.2 Å². The molecule has 27 heavy (non-hydrogen) atoms. The van der Waals surface area contributed by atoms with Gasteiger partial charge in [-0.25, -0.2) is 4.79 Å². The number of rotatable bonds is 4. The lowest BCUT2D eigenvalue weighted by atomic mass is 9.63. The van der Waals surface area contributed by atoms with Crippen LogP contribution in [0.1, 0.15) is 45.7 Å². The average Bonchev–Trinajstić information content (AvgIpc) is 3.21. The lowest BCUT2D eigenvalue weighted by Gasteiger charge is -2.43. The summed E-state index contributed by atoms with van der Waals surface area (Å²) >= 11 is 0. The van der Waals surface area contributed by atoms with Crippen molar-refractivity contribution in [3.8, 4) is 5.75 Å². The lowest BCUT2D eigenvalue weighted by Crippen LogP contribution is -2.54. The monoisotopic (exact) mass is 374 g/mol. The van der Waals surface area contributed by atoms with Crippen LogP contribution >= 0.6 is 0 Å². The van der Waals surface area contributed by atoms with Gasteiger partial charge in [-0.2, -0.15) is 0 Å². The minimum absolute atomic E-state index is 0.0323. The third-order valence-corrected chi connectivity index (χ3v) is 5.77. The molecule has 1 aliphatic carbocycles. The summed E-state index contributed by atoms with van der Waals surface area (Å²) in [5.74, 6) is 0.571. The molecule has 7 nitrogen and oxygen atoms in total. The Balaban J connectivity index is 1.46. The number of hydrogen-bond acceptors (Lipinski definition) is 5. The molecule has 0 aromatic carbocycles. The summed E-state index contributed by atoms with van der Waals surface area (Å²) < 4.78 is 13.2. The zero-order chi connectivity index (χ0) is 19.4. The normalized spacial score (nSPS) is 28.5. The molecule has 146 valence electrons. The van der Waals surface area contributed by atoms with E-state index in [0.29, 0.717) is 31.7 Å². The highest BCUT2D eigenvalue weighted by molar-refractivity contribution is 5.80. The van der Waals surface area contributed by atoms with Crippen LogP contribution in [0.25, 0.3) is 0 Å². The standard InChI is InChI=1S/C20H26N2O5/c1-18(2,3)27-17(25)22-11-19(9-20(22,10-19)12-23)13-26-15-7-14-5-4-6-21(14)16(24)8-15/h7-8,12H,4-6,9-11,13H2,1-3H3. The first-order valence-corrected chi connectivity index (χ1v) is 9.49. The van der Waals surface area contributed by atoms with Crippen molar-refractivity contribution < 1.29 is 19.1 Å². The minimum atomic E-state index is -0.775. The fraction of sp³-hybridized carbons (Fsp3) is 0.650. The minimum Gasteiger partial charge on any atom is -0.493 e. The lowest BCUT2D eigenvalue weighted by molar-refractivity contribution is -0.121. The molecule has 0 spiro atoms. The number of carbonyl (C=O) groups is 2. The number of hydrogen-bond donors (Lipinski definition) is 0. The molecule has 1 aromatic heterocycles. The van der Waals surface area contributed by atoms with E-state index in [4.69, 9.17) is 9.47 Å². The number of aryl methyl sites for hydroxylation is 1. The molecule has 7 heteroatoms. The number of aromatic nitrogens is 1. The molecule has 0 unspecified atom stereocenters. The van der Waals surface area contributed by atoms with Gasteiger partial charge in [-0.15, -0.1) is 0 Å². The molecule has 0 radical (unpaired) electrons. The van der Waals surface area contributed by atoms with Crippen molar-refractivity contribution in [2.45, 2.75) is 64.1 Å². The van der Waals surface area contributed by atoms with Crippen LogP contribution in [-0.2, 0) is 22.5 Å². The molecular formula is C20H26N2O5. The van der Waals surface area contributed by atoms with E-state index >= 15 is 0 Å². The molecule has 1 amide bonds. The zero-order valence-electron chi connectivity index (χ0n) is 16.1. The molecule has 2 saturated heterocycles. The highest BCUT2D eigenvalue weighted by atomic mass is 16.6. The smallest absolute Gasteiger partial charge is 0.411 e. The van der Waals surface area contributed by atoms with Gasteiger partial charge in [0.05, 0.1) is 6.61 Å². The fourth-order valence-corrected chi connectivity index (χ4v) is 4.72. The van der Waals surface area contributed by atoms with Crippen molar-refractivity contribution in [3.05, 3.63) is 28.2 Å². The van der Waals surface area contributed by atoms with Crippen molar-refractivity contribution in [3.63, 3.8) is 0 Å². The number of fused-ring (bicyclic) bond motifs is 2. The highest BCUT2D eigenvalue weighted by Crippen LogP contribution is 2.58. The summed E-state index contributed by atoms with van der Waals surface area (Å²) in [6, 6.07) is 3.45. The van der Waals surface area contributed by atoms with Gasteiger partial charge in [-0.05, 0) is 52.5 Å². The van der Waals surface area contributed by atoms with Crippen molar-refractivity contribution in [2.24, 2.45) is 5.41 Å². The Bertz CT molecular complexity index is 845. The number of amides is 1. The summed E-state index contributed by atoms with van der Waals surface area (Å²) in [5.41, 5.74) is -0.663. The number of pyridine rings is 1. The maximum absolute atomic E-state index is 12.5. The van der Waals surface area contributed by atoms with Crippen molar-refractivity contribution in [1.82, 2.24) is 9.47 Å². The molecule has 0 atom stereocenters. The Labute approximate surface area is 158 Å². The molecule has 3 fully saturated rings. The quantitative estimate of drug-likeness (QED) is 0.755. The van der Waals surface area contributed by atoms with E-state index in [1.54, 1.807) is 9.47 Å². The second-order valence-electron chi connectivity index (χ2n) is 9.21. The van der Waals surface area contributed by atoms with Crippen LogP contribution < -0.4 is 10.3 Å². The van der Waals surface area contributed by atoms with Crippen molar-refractivity contribution in [2.75, 3.05) is 13.2 Å². The molecule has 0 N–H and O–H groups in total. The second-order valence-corrected chi connectivity index (χ2v) is 9.21. The largest absolute Gasteiger partial charge is 0.493 e. The predicted molar refractivity (Wildman–Crippen MR) is 97.9 cm³/mol. The van der Waals surface area contributed by atoms with E-state index in [0.717, 1.165) is 31.4 Å². The average molecular weight is 374 g/mol. The predicted octanol–water partition coefficient (Wildman–Crippen LogP) is 2.14. The van der Waals surface area contributed by atoms with Crippen LogP contribution in [0.5, 0.6) is 5.75 Å². The third-order valence-electron chi connectivity index (χ3n) is 5.77. The van der Waals surface area contributed by atoms with Crippen LogP contribution in [0.4, 0.5) is 4.79 Å². The number of ether oxygens (including phenoxy) is 2. The van der Waals surface area contributed by atoms with Gasteiger partial charge in [0.1, 0.15) is 23.2 Å². The van der Waals surface area contributed by atoms with E-state index in [-0.39, 0.29) is 11.0 Å². The molecule has 4 aliphatic rings. The number of aldehydes is 1. The van der Waals surface area contributed by atoms with Gasteiger partial charge in [0.25, 0.3) is 5.56 Å². The Morgan fingerprint density at radius 2 is 2.04 bits per heavy atom. The van der Waals surface area contributed by atoms with Crippen molar-refractivity contribution >= 4 is 12.4 Å². The highest BCUT2D eigenvalue weighted by Gasteiger charge is 2.68. The van der Waals surface area contributed by atoms with E-state index in [9.17, 15) is 14.4 Å². The first-order valence-electron chi connectivity index (χ1n) is 9.49. The second kappa shape index (κ2) is 5.84. The van der Waals surface area contributed by atoms with Gasteiger partial charge >= 0.3 is 6.09 Å². The maximum atomic E-state index is 12.5. The first-order chi connectivity index (χ1) is 12.7. The number of nitrogens with zero attached hydrogens (tertiary/aromatic N) is 2. The van der Waals surface area contributed by atoms with Gasteiger partial charge in [-0.3, -0.25) is 9.69 Å². The molecule has 1 saturated carbocycles. The summed E-state index contributed by atoms with van der Waals surface area (Å²) in [6.45, 7) is 7.01. The summed E-state index contributed by atoms with van der Waals surface area (Å²) in [6.07, 6.45) is 3.43. The Hall–Kier alpha value is -2.31. The Morgan fingerprint density at radius 1 is 1.30 bits per heavy atom. The van der Waals surface area contributed by atoms with Crippen LogP contribution in [0.2, 0.25) is 0 Å². The maximum Gasteiger partial charge on any atom is 0.411 e. The zero-order valence-corrected chi connectivity index (χ0v) is 16.1.